The third-order valence-electron chi connectivity index (χ3n) is 5.10. The fourth-order valence-corrected chi connectivity index (χ4v) is 4.53. The van der Waals surface area contributed by atoms with Crippen LogP contribution in [0.2, 0.25) is 0 Å². The van der Waals surface area contributed by atoms with Crippen molar-refractivity contribution in [2.24, 2.45) is 0 Å². The maximum Gasteiger partial charge on any atom is 0.224 e. The van der Waals surface area contributed by atoms with Gasteiger partial charge >= 0.3 is 0 Å². The van der Waals surface area contributed by atoms with Crippen LogP contribution >= 0.6 is 11.3 Å². The number of hydrogen-bond acceptors (Lipinski definition) is 6. The number of carbonyl (C=O) groups is 1. The summed E-state index contributed by atoms with van der Waals surface area (Å²) < 4.78 is 5.01. The normalized spacial score (nSPS) is 15.1. The average Bonchev–Trinajstić information content (AvgIpc) is 3.19. The summed E-state index contributed by atoms with van der Waals surface area (Å²) in [7, 11) is 1.62. The topological polar surface area (TPSA) is 67.3 Å². The number of likely N-dealkylation sites (tertiary alicyclic amines) is 1. The van der Waals surface area contributed by atoms with E-state index in [1.54, 1.807) is 24.8 Å². The Morgan fingerprint density at radius 2 is 2.04 bits per heavy atom. The second kappa shape index (κ2) is 8.67. The van der Waals surface area contributed by atoms with Crippen molar-refractivity contribution in [3.8, 4) is 10.4 Å². The Morgan fingerprint density at radius 1 is 1.25 bits per heavy atom. The predicted molar refractivity (Wildman–Crippen MR) is 113 cm³/mol. The molecule has 1 amide bonds. The van der Waals surface area contributed by atoms with Crippen molar-refractivity contribution in [1.29, 1.82) is 0 Å². The number of hydrogen-bond donors (Lipinski definition) is 1. The van der Waals surface area contributed by atoms with E-state index in [1.165, 1.54) is 10.4 Å². The second-order valence-electron chi connectivity index (χ2n) is 6.96. The van der Waals surface area contributed by atoms with Gasteiger partial charge in [0.25, 0.3) is 0 Å². The first-order chi connectivity index (χ1) is 13.7. The van der Waals surface area contributed by atoms with Gasteiger partial charge in [0.1, 0.15) is 17.0 Å². The lowest BCUT2D eigenvalue weighted by Gasteiger charge is -2.32. The summed E-state index contributed by atoms with van der Waals surface area (Å²) in [6, 6.07) is 12.8. The molecule has 0 bridgehead atoms. The van der Waals surface area contributed by atoms with Crippen LogP contribution in [0.25, 0.3) is 20.7 Å². The average molecular weight is 397 g/mol. The van der Waals surface area contributed by atoms with Gasteiger partial charge in [-0.1, -0.05) is 30.3 Å². The number of benzene rings is 1. The molecule has 0 saturated carbocycles. The highest BCUT2D eigenvalue weighted by atomic mass is 32.1. The van der Waals surface area contributed by atoms with E-state index in [0.717, 1.165) is 42.0 Å². The number of nitrogens with one attached hydrogen (secondary N) is 1. The Balaban J connectivity index is 1.44. The van der Waals surface area contributed by atoms with Crippen LogP contribution < -0.4 is 5.32 Å². The van der Waals surface area contributed by atoms with Gasteiger partial charge in [-0.3, -0.25) is 4.79 Å². The molecule has 0 unspecified atom stereocenters. The molecule has 2 aromatic heterocycles. The zero-order valence-electron chi connectivity index (χ0n) is 15.9. The van der Waals surface area contributed by atoms with Crippen molar-refractivity contribution in [2.75, 3.05) is 32.1 Å². The van der Waals surface area contributed by atoms with E-state index in [2.05, 4.69) is 33.5 Å². The van der Waals surface area contributed by atoms with Crippen molar-refractivity contribution < 1.29 is 9.53 Å². The highest BCUT2D eigenvalue weighted by Crippen LogP contribution is 2.35. The Kier molecular flexibility index (Phi) is 5.83. The summed E-state index contributed by atoms with van der Waals surface area (Å²) in [6.45, 7) is 2.03. The van der Waals surface area contributed by atoms with Gasteiger partial charge in [-0.2, -0.15) is 0 Å². The van der Waals surface area contributed by atoms with Crippen LogP contribution in [-0.4, -0.2) is 53.6 Å². The number of thiophene rings is 1. The first-order valence-electron chi connectivity index (χ1n) is 9.58. The van der Waals surface area contributed by atoms with Gasteiger partial charge in [0.05, 0.1) is 18.4 Å². The first-order valence-corrected chi connectivity index (χ1v) is 10.4. The van der Waals surface area contributed by atoms with E-state index in [-0.39, 0.29) is 5.91 Å². The molecule has 6 nitrogen and oxygen atoms in total. The van der Waals surface area contributed by atoms with E-state index in [1.807, 2.05) is 23.1 Å². The number of carbonyl (C=O) groups excluding carboxylic acids is 1. The lowest BCUT2D eigenvalue weighted by molar-refractivity contribution is -0.133. The third kappa shape index (κ3) is 4.15. The monoisotopic (exact) mass is 396 g/mol. The molecule has 0 spiro atoms. The standard InChI is InChI=1S/C21H24N4O2S/c1-27-12-9-19(26)25-10-7-16(8-11-25)24-20-17-13-18(15-5-3-2-4-6-15)28-21(17)23-14-22-20/h2-6,13-14,16H,7-12H2,1H3,(H,22,23,24). The molecule has 1 saturated heterocycles. The molecule has 1 aliphatic heterocycles. The van der Waals surface area contributed by atoms with Crippen molar-refractivity contribution in [2.45, 2.75) is 25.3 Å². The minimum absolute atomic E-state index is 0.176. The Labute approximate surface area is 168 Å². The number of aromatic nitrogens is 2. The highest BCUT2D eigenvalue weighted by Gasteiger charge is 2.23. The zero-order chi connectivity index (χ0) is 19.3. The van der Waals surface area contributed by atoms with Crippen molar-refractivity contribution in [1.82, 2.24) is 14.9 Å². The third-order valence-corrected chi connectivity index (χ3v) is 6.19. The number of rotatable bonds is 6. The fourth-order valence-electron chi connectivity index (χ4n) is 3.53. The molecular weight excluding hydrogens is 372 g/mol. The number of ether oxygens (including phenoxy) is 1. The summed E-state index contributed by atoms with van der Waals surface area (Å²) in [5, 5.41) is 4.64. The van der Waals surface area contributed by atoms with Crippen molar-refractivity contribution in [3.63, 3.8) is 0 Å². The largest absolute Gasteiger partial charge is 0.384 e. The van der Waals surface area contributed by atoms with Crippen LogP contribution in [-0.2, 0) is 9.53 Å². The van der Waals surface area contributed by atoms with E-state index in [0.29, 0.717) is 19.1 Å². The van der Waals surface area contributed by atoms with Gasteiger partial charge in [-0.05, 0) is 24.5 Å². The van der Waals surface area contributed by atoms with Gasteiger partial charge in [-0.15, -0.1) is 11.3 Å². The fraction of sp³-hybridized carbons (Fsp3) is 0.381. The van der Waals surface area contributed by atoms with Gasteiger partial charge in [0.2, 0.25) is 5.91 Å². The van der Waals surface area contributed by atoms with Gasteiger partial charge < -0.3 is 15.0 Å². The van der Waals surface area contributed by atoms with E-state index in [4.69, 9.17) is 4.74 Å². The van der Waals surface area contributed by atoms with E-state index < -0.39 is 0 Å². The van der Waals surface area contributed by atoms with Crippen LogP contribution in [0.4, 0.5) is 5.82 Å². The number of fused-ring (bicyclic) bond motifs is 1. The minimum atomic E-state index is 0.176. The van der Waals surface area contributed by atoms with Gasteiger partial charge in [0, 0.05) is 31.1 Å². The molecule has 3 aromatic rings. The Bertz CT molecular complexity index is 936. The maximum absolute atomic E-state index is 12.1. The van der Waals surface area contributed by atoms with Crippen molar-refractivity contribution >= 4 is 33.3 Å². The lowest BCUT2D eigenvalue weighted by Crippen LogP contribution is -2.42. The summed E-state index contributed by atoms with van der Waals surface area (Å²) in [6.07, 6.45) is 3.91. The van der Waals surface area contributed by atoms with Crippen LogP contribution in [0, 0.1) is 0 Å². The smallest absolute Gasteiger partial charge is 0.224 e. The van der Waals surface area contributed by atoms with Gasteiger partial charge in [0.15, 0.2) is 0 Å². The molecule has 1 aromatic carbocycles. The Hall–Kier alpha value is -2.51. The molecule has 4 rings (SSSR count). The maximum atomic E-state index is 12.1. The molecular formula is C21H24N4O2S. The zero-order valence-corrected chi connectivity index (χ0v) is 16.7. The number of anilines is 1. The molecule has 0 aliphatic carbocycles. The van der Waals surface area contributed by atoms with Crippen molar-refractivity contribution in [3.05, 3.63) is 42.7 Å². The number of piperidine rings is 1. The predicted octanol–water partition coefficient (Wildman–Crippen LogP) is 3.80. The van der Waals surface area contributed by atoms with Crippen LogP contribution in [0.3, 0.4) is 0 Å². The van der Waals surface area contributed by atoms with Crippen LogP contribution in [0.15, 0.2) is 42.7 Å². The summed E-state index contributed by atoms with van der Waals surface area (Å²) in [5.41, 5.74) is 1.19. The highest BCUT2D eigenvalue weighted by molar-refractivity contribution is 7.21. The first kappa shape index (κ1) is 18.8. The van der Waals surface area contributed by atoms with Gasteiger partial charge in [-0.25, -0.2) is 9.97 Å². The minimum Gasteiger partial charge on any atom is -0.384 e. The molecule has 1 N–H and O–H groups in total. The molecule has 0 atom stereocenters. The molecule has 0 radical (unpaired) electrons. The lowest BCUT2D eigenvalue weighted by atomic mass is 10.0. The number of methoxy groups -OCH3 is 1. The number of amides is 1. The SMILES string of the molecule is COCCC(=O)N1CCC(Nc2ncnc3sc(-c4ccccc4)cc23)CC1. The van der Waals surface area contributed by atoms with E-state index >= 15 is 0 Å². The summed E-state index contributed by atoms with van der Waals surface area (Å²) >= 11 is 1.68. The molecule has 3 heterocycles. The summed E-state index contributed by atoms with van der Waals surface area (Å²) in [5.74, 6) is 1.06. The molecule has 146 valence electrons. The Morgan fingerprint density at radius 3 is 2.79 bits per heavy atom. The van der Waals surface area contributed by atoms with Crippen LogP contribution in [0.5, 0.6) is 0 Å². The summed E-state index contributed by atoms with van der Waals surface area (Å²) in [4.78, 5) is 25.2. The molecule has 1 aliphatic rings. The molecule has 28 heavy (non-hydrogen) atoms. The number of nitrogens with zero attached hydrogens (tertiary/aromatic N) is 3. The second-order valence-corrected chi connectivity index (χ2v) is 7.99. The molecule has 1 fully saturated rings. The molecule has 7 heteroatoms. The quantitative estimate of drug-likeness (QED) is 0.686. The van der Waals surface area contributed by atoms with E-state index in [9.17, 15) is 4.79 Å². The van der Waals surface area contributed by atoms with Crippen LogP contribution in [0.1, 0.15) is 19.3 Å².